The number of amides is 1. The Morgan fingerprint density at radius 3 is 2.48 bits per heavy atom. The summed E-state index contributed by atoms with van der Waals surface area (Å²) >= 11 is 0. The van der Waals surface area contributed by atoms with Gasteiger partial charge < -0.3 is 24.3 Å². The highest BCUT2D eigenvalue weighted by Crippen LogP contribution is 2.39. The van der Waals surface area contributed by atoms with Gasteiger partial charge in [-0.05, 0) is 43.2 Å². The number of furan rings is 1. The molecule has 1 aliphatic rings. The quantitative estimate of drug-likeness (QED) is 0.573. The Morgan fingerprint density at radius 1 is 1.19 bits per heavy atom. The van der Waals surface area contributed by atoms with E-state index in [1.807, 2.05) is 0 Å². The molecule has 0 bridgehead atoms. The number of hydrogen-bond donors (Lipinski definition) is 2. The van der Waals surface area contributed by atoms with E-state index in [0.717, 1.165) is 0 Å². The lowest BCUT2D eigenvalue weighted by Gasteiger charge is -2.26. The van der Waals surface area contributed by atoms with Gasteiger partial charge in [0, 0.05) is 20.3 Å². The fourth-order valence-electron chi connectivity index (χ4n) is 3.19. The molecule has 0 fully saturated rings. The molecule has 7 nitrogen and oxygen atoms in total. The number of hydrogen-bond acceptors (Lipinski definition) is 6. The molecule has 3 rings (SSSR count). The Bertz CT molecular complexity index is 880. The fraction of sp³-hybridized carbons (Fsp3) is 0.300. The van der Waals surface area contributed by atoms with Crippen LogP contribution in [-0.2, 0) is 9.53 Å². The molecule has 7 heteroatoms. The van der Waals surface area contributed by atoms with E-state index in [1.165, 1.54) is 23.1 Å². The summed E-state index contributed by atoms with van der Waals surface area (Å²) in [5.74, 6) is -1.05. The minimum atomic E-state index is -0.770. The van der Waals surface area contributed by atoms with Crippen LogP contribution in [0.3, 0.4) is 0 Å². The van der Waals surface area contributed by atoms with Crippen LogP contribution in [0.25, 0.3) is 0 Å². The summed E-state index contributed by atoms with van der Waals surface area (Å²) in [6, 6.07) is 8.58. The number of phenols is 1. The summed E-state index contributed by atoms with van der Waals surface area (Å²) in [6.45, 7) is 2.45. The van der Waals surface area contributed by atoms with Gasteiger partial charge in [0.2, 0.25) is 5.78 Å². The van der Waals surface area contributed by atoms with Crippen LogP contribution < -0.4 is 0 Å². The number of rotatable bonds is 7. The Labute approximate surface area is 156 Å². The van der Waals surface area contributed by atoms with E-state index in [9.17, 15) is 19.8 Å². The monoisotopic (exact) mass is 371 g/mol. The summed E-state index contributed by atoms with van der Waals surface area (Å²) in [7, 11) is 1.56. The molecule has 2 N–H and O–H groups in total. The molecule has 1 aromatic carbocycles. The standard InChI is InChI=1S/C20H21NO6/c1-12-4-9-15(27-12)18(23)16-17(13-5-7-14(22)8-6-13)21(10-3-11-26-2)20(25)19(16)24/h4-9,17,22,24H,3,10-11H2,1-2H3. The van der Waals surface area contributed by atoms with Crippen molar-refractivity contribution in [3.8, 4) is 5.75 Å². The summed E-state index contributed by atoms with van der Waals surface area (Å²) in [5, 5.41) is 20.0. The average Bonchev–Trinajstić information content (AvgIpc) is 3.19. The predicted molar refractivity (Wildman–Crippen MR) is 96.5 cm³/mol. The van der Waals surface area contributed by atoms with Crippen molar-refractivity contribution < 1.29 is 29.0 Å². The van der Waals surface area contributed by atoms with Gasteiger partial charge in [0.05, 0.1) is 11.6 Å². The lowest BCUT2D eigenvalue weighted by Crippen LogP contribution is -2.32. The molecule has 1 amide bonds. The SMILES string of the molecule is COCCCN1C(=O)C(O)=C(C(=O)c2ccc(C)o2)C1c1ccc(O)cc1. The van der Waals surface area contributed by atoms with Crippen molar-refractivity contribution in [3.05, 3.63) is 64.8 Å². The number of aryl methyl sites for hydroxylation is 1. The third-order valence-corrected chi connectivity index (χ3v) is 4.47. The fourth-order valence-corrected chi connectivity index (χ4v) is 3.19. The molecule has 0 saturated carbocycles. The topological polar surface area (TPSA) is 100 Å². The number of aliphatic hydroxyl groups is 1. The van der Waals surface area contributed by atoms with E-state index in [2.05, 4.69) is 0 Å². The van der Waals surface area contributed by atoms with Gasteiger partial charge in [0.25, 0.3) is 5.91 Å². The molecule has 1 aliphatic heterocycles. The normalized spacial score (nSPS) is 17.0. The van der Waals surface area contributed by atoms with Gasteiger partial charge in [0.15, 0.2) is 11.5 Å². The lowest BCUT2D eigenvalue weighted by molar-refractivity contribution is -0.129. The predicted octanol–water partition coefficient (Wildman–Crippen LogP) is 2.91. The van der Waals surface area contributed by atoms with Crippen molar-refractivity contribution in [2.75, 3.05) is 20.3 Å². The van der Waals surface area contributed by atoms with Crippen molar-refractivity contribution in [3.63, 3.8) is 0 Å². The zero-order chi connectivity index (χ0) is 19.6. The van der Waals surface area contributed by atoms with E-state index < -0.39 is 23.5 Å². The second kappa shape index (κ2) is 7.67. The molecule has 0 saturated heterocycles. The number of benzene rings is 1. The number of aromatic hydroxyl groups is 1. The minimum Gasteiger partial charge on any atom is -0.508 e. The highest BCUT2D eigenvalue weighted by atomic mass is 16.5. The first-order chi connectivity index (χ1) is 12.9. The van der Waals surface area contributed by atoms with Gasteiger partial charge in [-0.15, -0.1) is 0 Å². The Kier molecular flexibility index (Phi) is 5.32. The molecule has 2 aromatic rings. The molecule has 142 valence electrons. The van der Waals surface area contributed by atoms with E-state index >= 15 is 0 Å². The first-order valence-corrected chi connectivity index (χ1v) is 8.57. The van der Waals surface area contributed by atoms with Crippen molar-refractivity contribution in [2.24, 2.45) is 0 Å². The van der Waals surface area contributed by atoms with Crippen molar-refractivity contribution in [2.45, 2.75) is 19.4 Å². The van der Waals surface area contributed by atoms with Gasteiger partial charge in [-0.2, -0.15) is 0 Å². The second-order valence-electron chi connectivity index (χ2n) is 6.34. The first-order valence-electron chi connectivity index (χ1n) is 8.57. The van der Waals surface area contributed by atoms with Gasteiger partial charge >= 0.3 is 0 Å². The van der Waals surface area contributed by atoms with Crippen LogP contribution in [-0.4, -0.2) is 47.1 Å². The van der Waals surface area contributed by atoms with Crippen LogP contribution >= 0.6 is 0 Å². The van der Waals surface area contributed by atoms with Crippen molar-refractivity contribution in [1.82, 2.24) is 4.90 Å². The molecular weight excluding hydrogens is 350 g/mol. The molecule has 0 spiro atoms. The molecule has 2 heterocycles. The number of ketones is 1. The summed E-state index contributed by atoms with van der Waals surface area (Å²) in [4.78, 5) is 27.1. The summed E-state index contributed by atoms with van der Waals surface area (Å²) < 4.78 is 10.4. The molecule has 1 atom stereocenters. The van der Waals surface area contributed by atoms with Crippen LogP contribution in [0.15, 0.2) is 52.1 Å². The van der Waals surface area contributed by atoms with E-state index in [0.29, 0.717) is 30.9 Å². The maximum absolute atomic E-state index is 13.0. The number of carbonyl (C=O) groups is 2. The zero-order valence-corrected chi connectivity index (χ0v) is 15.1. The third-order valence-electron chi connectivity index (χ3n) is 4.47. The maximum atomic E-state index is 13.0. The van der Waals surface area contributed by atoms with E-state index in [1.54, 1.807) is 32.2 Å². The van der Waals surface area contributed by atoms with Crippen molar-refractivity contribution >= 4 is 11.7 Å². The number of nitrogens with zero attached hydrogens (tertiary/aromatic N) is 1. The van der Waals surface area contributed by atoms with Crippen LogP contribution in [0.1, 0.15) is 34.3 Å². The molecule has 27 heavy (non-hydrogen) atoms. The lowest BCUT2D eigenvalue weighted by atomic mass is 9.95. The molecular formula is C20H21NO6. The number of phenolic OH excluding ortho intramolecular Hbond substituents is 1. The van der Waals surface area contributed by atoms with Crippen molar-refractivity contribution in [1.29, 1.82) is 0 Å². The third kappa shape index (κ3) is 3.59. The second-order valence-corrected chi connectivity index (χ2v) is 6.34. The van der Waals surface area contributed by atoms with Crippen LogP contribution in [0.4, 0.5) is 0 Å². The number of methoxy groups -OCH3 is 1. The smallest absolute Gasteiger partial charge is 0.290 e. The number of Topliss-reactive ketones (excluding diaryl/α,β-unsaturated/α-hetero) is 1. The van der Waals surface area contributed by atoms with E-state index in [-0.39, 0.29) is 17.1 Å². The molecule has 1 aromatic heterocycles. The highest BCUT2D eigenvalue weighted by molar-refractivity contribution is 6.15. The van der Waals surface area contributed by atoms with Gasteiger partial charge in [-0.3, -0.25) is 9.59 Å². The number of ether oxygens (including phenoxy) is 1. The molecule has 1 unspecified atom stereocenters. The van der Waals surface area contributed by atoms with Gasteiger partial charge in [0.1, 0.15) is 11.5 Å². The first kappa shape index (κ1) is 18.7. The molecule has 0 radical (unpaired) electrons. The largest absolute Gasteiger partial charge is 0.508 e. The zero-order valence-electron chi connectivity index (χ0n) is 15.1. The minimum absolute atomic E-state index is 0.0301. The van der Waals surface area contributed by atoms with Crippen LogP contribution in [0.2, 0.25) is 0 Å². The Balaban J connectivity index is 2.03. The summed E-state index contributed by atoms with van der Waals surface area (Å²) in [6.07, 6.45) is 0.547. The highest BCUT2D eigenvalue weighted by Gasteiger charge is 2.44. The van der Waals surface area contributed by atoms with Gasteiger partial charge in [-0.1, -0.05) is 12.1 Å². The van der Waals surface area contributed by atoms with Crippen LogP contribution in [0.5, 0.6) is 5.75 Å². The van der Waals surface area contributed by atoms with E-state index in [4.69, 9.17) is 9.15 Å². The van der Waals surface area contributed by atoms with Crippen LogP contribution in [0, 0.1) is 6.92 Å². The summed E-state index contributed by atoms with van der Waals surface area (Å²) in [5.41, 5.74) is 0.576. The number of carbonyl (C=O) groups excluding carboxylic acids is 2. The number of aliphatic hydroxyl groups excluding tert-OH is 1. The maximum Gasteiger partial charge on any atom is 0.290 e. The molecule has 0 aliphatic carbocycles. The Morgan fingerprint density at radius 2 is 1.89 bits per heavy atom. The average molecular weight is 371 g/mol. The Hall–Kier alpha value is -3.06. The van der Waals surface area contributed by atoms with Gasteiger partial charge in [-0.25, -0.2) is 0 Å².